The standard InChI is InChI=1S/C10H14N6/c1-16-9-6-12-10(15-8(9)5-13-16)14-7-2-3-11-4-7/h5-7,11H,2-4H2,1H3,(H,12,14,15). The highest BCUT2D eigenvalue weighted by Gasteiger charge is 2.15. The Labute approximate surface area is 93.1 Å². The van der Waals surface area contributed by atoms with Gasteiger partial charge in [-0.2, -0.15) is 5.10 Å². The molecule has 3 heterocycles. The summed E-state index contributed by atoms with van der Waals surface area (Å²) in [6.07, 6.45) is 4.68. The Kier molecular flexibility index (Phi) is 2.21. The van der Waals surface area contributed by atoms with Gasteiger partial charge in [-0.3, -0.25) is 4.68 Å². The smallest absolute Gasteiger partial charge is 0.223 e. The average molecular weight is 218 g/mol. The first-order chi connectivity index (χ1) is 7.83. The lowest BCUT2D eigenvalue weighted by Gasteiger charge is -2.10. The molecule has 1 aliphatic rings. The molecule has 0 saturated carbocycles. The Bertz CT molecular complexity index is 499. The summed E-state index contributed by atoms with van der Waals surface area (Å²) in [6, 6.07) is 0.439. The second kappa shape index (κ2) is 3.71. The summed E-state index contributed by atoms with van der Waals surface area (Å²) in [7, 11) is 1.89. The number of aromatic nitrogens is 4. The second-order valence-electron chi connectivity index (χ2n) is 4.07. The highest BCUT2D eigenvalue weighted by molar-refractivity contribution is 5.74. The van der Waals surface area contributed by atoms with E-state index in [1.807, 2.05) is 7.05 Å². The Balaban J connectivity index is 1.87. The van der Waals surface area contributed by atoms with Crippen LogP contribution in [0.25, 0.3) is 11.0 Å². The molecular formula is C10H14N6. The van der Waals surface area contributed by atoms with Gasteiger partial charge in [0.2, 0.25) is 5.95 Å². The van der Waals surface area contributed by atoms with Crippen LogP contribution in [0.4, 0.5) is 5.95 Å². The summed E-state index contributed by atoms with van der Waals surface area (Å²) in [5.41, 5.74) is 1.83. The van der Waals surface area contributed by atoms with Crippen LogP contribution in [0, 0.1) is 0 Å². The molecule has 0 spiro atoms. The van der Waals surface area contributed by atoms with Crippen molar-refractivity contribution in [2.45, 2.75) is 12.5 Å². The van der Waals surface area contributed by atoms with E-state index in [0.717, 1.165) is 30.5 Å². The van der Waals surface area contributed by atoms with Crippen molar-refractivity contribution in [3.05, 3.63) is 12.4 Å². The molecular weight excluding hydrogens is 204 g/mol. The van der Waals surface area contributed by atoms with Crippen molar-refractivity contribution in [2.24, 2.45) is 7.05 Å². The third-order valence-corrected chi connectivity index (χ3v) is 2.89. The summed E-state index contributed by atoms with van der Waals surface area (Å²) in [6.45, 7) is 2.04. The predicted molar refractivity (Wildman–Crippen MR) is 61.2 cm³/mol. The molecule has 2 aromatic heterocycles. The Hall–Kier alpha value is -1.69. The summed E-state index contributed by atoms with van der Waals surface area (Å²) in [4.78, 5) is 8.72. The van der Waals surface area contributed by atoms with Crippen LogP contribution < -0.4 is 10.6 Å². The fourth-order valence-corrected chi connectivity index (χ4v) is 1.97. The lowest BCUT2D eigenvalue weighted by molar-refractivity contribution is 0.780. The van der Waals surface area contributed by atoms with Crippen LogP contribution in [0.3, 0.4) is 0 Å². The highest BCUT2D eigenvalue weighted by atomic mass is 15.3. The Morgan fingerprint density at radius 1 is 1.50 bits per heavy atom. The zero-order chi connectivity index (χ0) is 11.0. The normalized spacial score (nSPS) is 20.4. The quantitative estimate of drug-likeness (QED) is 0.750. The van der Waals surface area contributed by atoms with Gasteiger partial charge in [0, 0.05) is 19.6 Å². The van der Waals surface area contributed by atoms with Gasteiger partial charge >= 0.3 is 0 Å². The first kappa shape index (κ1) is 9.53. The van der Waals surface area contributed by atoms with E-state index >= 15 is 0 Å². The zero-order valence-electron chi connectivity index (χ0n) is 9.14. The first-order valence-electron chi connectivity index (χ1n) is 5.45. The van der Waals surface area contributed by atoms with Crippen LogP contribution in [0.2, 0.25) is 0 Å². The zero-order valence-corrected chi connectivity index (χ0v) is 9.14. The Morgan fingerprint density at radius 2 is 2.44 bits per heavy atom. The van der Waals surface area contributed by atoms with E-state index in [9.17, 15) is 0 Å². The van der Waals surface area contributed by atoms with Crippen molar-refractivity contribution in [2.75, 3.05) is 18.4 Å². The summed E-state index contributed by atoms with van der Waals surface area (Å²) in [5, 5.41) is 10.8. The van der Waals surface area contributed by atoms with Gasteiger partial charge in [-0.15, -0.1) is 0 Å². The topological polar surface area (TPSA) is 67.7 Å². The van der Waals surface area contributed by atoms with Crippen molar-refractivity contribution >= 4 is 17.0 Å². The van der Waals surface area contributed by atoms with Crippen molar-refractivity contribution in [3.63, 3.8) is 0 Å². The number of nitrogens with zero attached hydrogens (tertiary/aromatic N) is 4. The minimum atomic E-state index is 0.439. The molecule has 0 amide bonds. The van der Waals surface area contributed by atoms with E-state index in [1.54, 1.807) is 17.1 Å². The van der Waals surface area contributed by atoms with Gasteiger partial charge in [0.15, 0.2) is 0 Å². The minimum Gasteiger partial charge on any atom is -0.350 e. The van der Waals surface area contributed by atoms with Gasteiger partial charge in [-0.25, -0.2) is 9.97 Å². The first-order valence-corrected chi connectivity index (χ1v) is 5.45. The van der Waals surface area contributed by atoms with E-state index in [4.69, 9.17) is 0 Å². The SMILES string of the molecule is Cn1ncc2nc(NC3CCNC3)ncc21. The van der Waals surface area contributed by atoms with Crippen molar-refractivity contribution < 1.29 is 0 Å². The molecule has 0 aromatic carbocycles. The Morgan fingerprint density at radius 3 is 3.25 bits per heavy atom. The lowest BCUT2D eigenvalue weighted by atomic mass is 10.3. The molecule has 84 valence electrons. The van der Waals surface area contributed by atoms with Crippen LogP contribution in [0.1, 0.15) is 6.42 Å². The van der Waals surface area contributed by atoms with E-state index < -0.39 is 0 Å². The number of hydrogen-bond acceptors (Lipinski definition) is 5. The molecule has 1 aliphatic heterocycles. The van der Waals surface area contributed by atoms with Crippen LogP contribution in [-0.4, -0.2) is 38.9 Å². The number of rotatable bonds is 2. The van der Waals surface area contributed by atoms with Crippen molar-refractivity contribution in [3.8, 4) is 0 Å². The van der Waals surface area contributed by atoms with E-state index in [0.29, 0.717) is 12.0 Å². The molecule has 1 unspecified atom stereocenters. The number of nitrogens with one attached hydrogen (secondary N) is 2. The summed E-state index contributed by atoms with van der Waals surface area (Å²) in [5.74, 6) is 0.689. The second-order valence-corrected chi connectivity index (χ2v) is 4.07. The van der Waals surface area contributed by atoms with Gasteiger partial charge in [-0.05, 0) is 13.0 Å². The van der Waals surface area contributed by atoms with Gasteiger partial charge in [-0.1, -0.05) is 0 Å². The summed E-state index contributed by atoms with van der Waals surface area (Å²) < 4.78 is 1.77. The maximum absolute atomic E-state index is 4.43. The molecule has 0 radical (unpaired) electrons. The molecule has 0 bridgehead atoms. The van der Waals surface area contributed by atoms with E-state index in [1.165, 1.54) is 0 Å². The molecule has 0 aliphatic carbocycles. The number of aryl methyl sites for hydroxylation is 1. The van der Waals surface area contributed by atoms with Crippen molar-refractivity contribution in [1.29, 1.82) is 0 Å². The third-order valence-electron chi connectivity index (χ3n) is 2.89. The molecule has 2 N–H and O–H groups in total. The predicted octanol–water partition coefficient (Wildman–Crippen LogP) is 0.137. The van der Waals surface area contributed by atoms with Crippen LogP contribution in [-0.2, 0) is 7.05 Å². The molecule has 1 atom stereocenters. The molecule has 3 rings (SSSR count). The molecule has 6 nitrogen and oxygen atoms in total. The molecule has 1 fully saturated rings. The fraction of sp³-hybridized carbons (Fsp3) is 0.500. The largest absolute Gasteiger partial charge is 0.350 e. The maximum Gasteiger partial charge on any atom is 0.223 e. The number of hydrogen-bond donors (Lipinski definition) is 2. The fourth-order valence-electron chi connectivity index (χ4n) is 1.97. The molecule has 6 heteroatoms. The van der Waals surface area contributed by atoms with E-state index in [-0.39, 0.29) is 0 Å². The maximum atomic E-state index is 4.43. The lowest BCUT2D eigenvalue weighted by Crippen LogP contribution is -2.23. The van der Waals surface area contributed by atoms with Gasteiger partial charge in [0.1, 0.15) is 11.0 Å². The van der Waals surface area contributed by atoms with Crippen molar-refractivity contribution in [1.82, 2.24) is 25.1 Å². The van der Waals surface area contributed by atoms with Crippen LogP contribution >= 0.6 is 0 Å². The van der Waals surface area contributed by atoms with Gasteiger partial charge < -0.3 is 10.6 Å². The number of anilines is 1. The molecule has 2 aromatic rings. The van der Waals surface area contributed by atoms with Gasteiger partial charge in [0.05, 0.1) is 12.4 Å². The third kappa shape index (κ3) is 1.61. The van der Waals surface area contributed by atoms with Crippen LogP contribution in [0.15, 0.2) is 12.4 Å². The molecule has 1 saturated heterocycles. The average Bonchev–Trinajstić information content (AvgIpc) is 2.90. The number of fused-ring (bicyclic) bond motifs is 1. The summed E-state index contributed by atoms with van der Waals surface area (Å²) >= 11 is 0. The monoisotopic (exact) mass is 218 g/mol. The highest BCUT2D eigenvalue weighted by Crippen LogP contribution is 2.12. The molecule has 16 heavy (non-hydrogen) atoms. The van der Waals surface area contributed by atoms with E-state index in [2.05, 4.69) is 25.7 Å². The minimum absolute atomic E-state index is 0.439. The van der Waals surface area contributed by atoms with Crippen LogP contribution in [0.5, 0.6) is 0 Å². The van der Waals surface area contributed by atoms with Gasteiger partial charge in [0.25, 0.3) is 0 Å².